The van der Waals surface area contributed by atoms with Crippen molar-refractivity contribution in [2.75, 3.05) is 12.4 Å². The lowest BCUT2D eigenvalue weighted by atomic mass is 10.3. The van der Waals surface area contributed by atoms with E-state index in [-0.39, 0.29) is 18.6 Å². The normalized spacial score (nSPS) is 11.2. The second-order valence-corrected chi connectivity index (χ2v) is 4.28. The van der Waals surface area contributed by atoms with Crippen LogP contribution in [0.15, 0.2) is 42.7 Å². The Bertz CT molecular complexity index is 517. The van der Waals surface area contributed by atoms with Gasteiger partial charge >= 0.3 is 5.95 Å². The molecule has 1 heterocycles. The Morgan fingerprint density at radius 2 is 1.95 bits per heavy atom. The van der Waals surface area contributed by atoms with E-state index in [1.807, 2.05) is 48.0 Å². The van der Waals surface area contributed by atoms with Gasteiger partial charge in [0.25, 0.3) is 0 Å². The zero-order valence-electron chi connectivity index (χ0n) is 12.4. The first-order chi connectivity index (χ1) is 9.74. The SMILES string of the molecule is CC[n+]1cccnc1NC(C)Oc1ccccc1OC.[Cl-]. The van der Waals surface area contributed by atoms with E-state index in [1.54, 1.807) is 13.3 Å². The Morgan fingerprint density at radius 3 is 2.62 bits per heavy atom. The molecule has 114 valence electrons. The number of hydrogen-bond acceptors (Lipinski definition) is 4. The van der Waals surface area contributed by atoms with E-state index >= 15 is 0 Å². The third kappa shape index (κ3) is 4.49. The molecular weight excluding hydrogens is 290 g/mol. The van der Waals surface area contributed by atoms with Crippen LogP contribution in [-0.2, 0) is 6.54 Å². The Morgan fingerprint density at radius 1 is 1.24 bits per heavy atom. The molecule has 0 aliphatic rings. The first-order valence-electron chi connectivity index (χ1n) is 6.65. The van der Waals surface area contributed by atoms with Crippen molar-refractivity contribution in [3.8, 4) is 11.5 Å². The van der Waals surface area contributed by atoms with Crippen molar-refractivity contribution in [1.82, 2.24) is 4.98 Å². The molecule has 0 aliphatic carbocycles. The van der Waals surface area contributed by atoms with E-state index < -0.39 is 0 Å². The summed E-state index contributed by atoms with van der Waals surface area (Å²) < 4.78 is 13.1. The van der Waals surface area contributed by atoms with E-state index in [0.29, 0.717) is 11.5 Å². The highest BCUT2D eigenvalue weighted by Crippen LogP contribution is 2.26. The zero-order valence-corrected chi connectivity index (χ0v) is 13.2. The maximum absolute atomic E-state index is 5.85. The first-order valence-corrected chi connectivity index (χ1v) is 6.65. The van der Waals surface area contributed by atoms with Gasteiger partial charge in [-0.3, -0.25) is 0 Å². The van der Waals surface area contributed by atoms with Crippen molar-refractivity contribution in [3.63, 3.8) is 0 Å². The summed E-state index contributed by atoms with van der Waals surface area (Å²) in [5, 5.41) is 3.24. The van der Waals surface area contributed by atoms with Crippen LogP contribution in [0.4, 0.5) is 5.95 Å². The maximum atomic E-state index is 5.85. The van der Waals surface area contributed by atoms with E-state index in [2.05, 4.69) is 17.2 Å². The van der Waals surface area contributed by atoms with E-state index in [0.717, 1.165) is 12.5 Å². The molecule has 0 amide bonds. The van der Waals surface area contributed by atoms with Crippen LogP contribution in [0.5, 0.6) is 11.5 Å². The minimum Gasteiger partial charge on any atom is -1.00 e. The molecule has 1 aromatic carbocycles. The van der Waals surface area contributed by atoms with Crippen LogP contribution in [-0.4, -0.2) is 18.3 Å². The molecule has 1 N–H and O–H groups in total. The number of hydrogen-bond donors (Lipinski definition) is 1. The van der Waals surface area contributed by atoms with Crippen LogP contribution in [0, 0.1) is 0 Å². The van der Waals surface area contributed by atoms with Crippen molar-refractivity contribution in [1.29, 1.82) is 0 Å². The Kier molecular flexibility index (Phi) is 6.75. The van der Waals surface area contributed by atoms with Gasteiger partial charge in [0.05, 0.1) is 19.9 Å². The number of rotatable bonds is 6. The molecule has 2 rings (SSSR count). The smallest absolute Gasteiger partial charge is 0.394 e. The number of para-hydroxylation sites is 2. The largest absolute Gasteiger partial charge is 1.00 e. The number of nitrogens with zero attached hydrogens (tertiary/aromatic N) is 2. The molecule has 0 saturated carbocycles. The number of ether oxygens (including phenoxy) is 2. The van der Waals surface area contributed by atoms with Gasteiger partial charge < -0.3 is 21.9 Å². The molecule has 0 aliphatic heterocycles. The summed E-state index contributed by atoms with van der Waals surface area (Å²) in [6, 6.07) is 9.48. The van der Waals surface area contributed by atoms with Gasteiger partial charge in [0.2, 0.25) is 6.23 Å². The van der Waals surface area contributed by atoms with Gasteiger partial charge in [-0.1, -0.05) is 17.1 Å². The predicted octanol–water partition coefficient (Wildman–Crippen LogP) is -0.761. The highest BCUT2D eigenvalue weighted by atomic mass is 35.5. The van der Waals surface area contributed by atoms with Gasteiger partial charge in [0, 0.05) is 13.0 Å². The molecule has 0 fully saturated rings. The summed E-state index contributed by atoms with van der Waals surface area (Å²) >= 11 is 0. The van der Waals surface area contributed by atoms with Gasteiger partial charge in [0.1, 0.15) is 6.20 Å². The predicted molar refractivity (Wildman–Crippen MR) is 76.8 cm³/mol. The first kappa shape index (κ1) is 17.0. The fraction of sp³-hybridized carbons (Fsp3) is 0.333. The Hall–Kier alpha value is -2.01. The molecule has 5 nitrogen and oxygen atoms in total. The molecular formula is C15H20ClN3O2. The van der Waals surface area contributed by atoms with Gasteiger partial charge in [-0.15, -0.1) is 0 Å². The summed E-state index contributed by atoms with van der Waals surface area (Å²) in [6.45, 7) is 4.84. The minimum atomic E-state index is -0.223. The lowest BCUT2D eigenvalue weighted by molar-refractivity contribution is -0.682. The molecule has 2 aromatic rings. The van der Waals surface area contributed by atoms with E-state index in [9.17, 15) is 0 Å². The van der Waals surface area contributed by atoms with Crippen LogP contribution >= 0.6 is 0 Å². The summed E-state index contributed by atoms with van der Waals surface area (Å²) in [5.41, 5.74) is 0. The zero-order chi connectivity index (χ0) is 14.4. The fourth-order valence-corrected chi connectivity index (χ4v) is 1.89. The van der Waals surface area contributed by atoms with Crippen LogP contribution < -0.4 is 31.8 Å². The molecule has 0 bridgehead atoms. The average molecular weight is 310 g/mol. The standard InChI is InChI=1S/C15H19N3O2.ClH/c1-4-18-11-7-10-16-15(18)17-12(2)20-14-9-6-5-8-13(14)19-3;/h5-12H,4H2,1-3H3;1H. The summed E-state index contributed by atoms with van der Waals surface area (Å²) in [5.74, 6) is 2.19. The highest BCUT2D eigenvalue weighted by molar-refractivity contribution is 5.39. The number of methoxy groups -OCH3 is 1. The number of halogens is 1. The summed E-state index contributed by atoms with van der Waals surface area (Å²) in [4.78, 5) is 4.31. The van der Waals surface area contributed by atoms with Gasteiger partial charge in [-0.2, -0.15) is 0 Å². The third-order valence-electron chi connectivity index (χ3n) is 2.87. The third-order valence-corrected chi connectivity index (χ3v) is 2.87. The quantitative estimate of drug-likeness (QED) is 0.563. The van der Waals surface area contributed by atoms with Crippen LogP contribution in [0.1, 0.15) is 13.8 Å². The number of aromatic nitrogens is 2. The molecule has 21 heavy (non-hydrogen) atoms. The van der Waals surface area contributed by atoms with Crippen LogP contribution in [0.2, 0.25) is 0 Å². The van der Waals surface area contributed by atoms with Crippen molar-refractivity contribution in [2.24, 2.45) is 0 Å². The van der Waals surface area contributed by atoms with E-state index in [1.165, 1.54) is 0 Å². The number of benzene rings is 1. The molecule has 0 spiro atoms. The van der Waals surface area contributed by atoms with Crippen molar-refractivity contribution < 1.29 is 26.4 Å². The van der Waals surface area contributed by atoms with Gasteiger partial charge in [0.15, 0.2) is 11.5 Å². The lowest BCUT2D eigenvalue weighted by Crippen LogP contribution is -3.00. The fourth-order valence-electron chi connectivity index (χ4n) is 1.89. The molecule has 1 unspecified atom stereocenters. The van der Waals surface area contributed by atoms with Crippen LogP contribution in [0.3, 0.4) is 0 Å². The average Bonchev–Trinajstić information content (AvgIpc) is 2.48. The Labute approximate surface area is 131 Å². The summed E-state index contributed by atoms with van der Waals surface area (Å²) in [6.07, 6.45) is 3.51. The van der Waals surface area contributed by atoms with Crippen LogP contribution in [0.25, 0.3) is 0 Å². The number of aryl methyl sites for hydroxylation is 1. The highest BCUT2D eigenvalue weighted by Gasteiger charge is 2.15. The van der Waals surface area contributed by atoms with Crippen molar-refractivity contribution in [3.05, 3.63) is 42.7 Å². The van der Waals surface area contributed by atoms with Gasteiger partial charge in [-0.05, 0) is 19.1 Å². The molecule has 0 saturated heterocycles. The minimum absolute atomic E-state index is 0. The topological polar surface area (TPSA) is 47.3 Å². The molecule has 1 aromatic heterocycles. The monoisotopic (exact) mass is 309 g/mol. The number of nitrogens with one attached hydrogen (secondary N) is 1. The Balaban J connectivity index is 0.00000220. The van der Waals surface area contributed by atoms with E-state index in [4.69, 9.17) is 9.47 Å². The van der Waals surface area contributed by atoms with Crippen molar-refractivity contribution >= 4 is 5.95 Å². The second-order valence-electron chi connectivity index (χ2n) is 4.28. The molecule has 1 atom stereocenters. The molecule has 0 radical (unpaired) electrons. The summed E-state index contributed by atoms with van der Waals surface area (Å²) in [7, 11) is 1.63. The number of anilines is 1. The van der Waals surface area contributed by atoms with Crippen molar-refractivity contribution in [2.45, 2.75) is 26.6 Å². The second kappa shape index (κ2) is 8.32. The molecule has 6 heteroatoms. The van der Waals surface area contributed by atoms with Gasteiger partial charge in [-0.25, -0.2) is 9.88 Å². The lowest BCUT2D eigenvalue weighted by Gasteiger charge is -2.15. The maximum Gasteiger partial charge on any atom is 0.394 e.